The van der Waals surface area contributed by atoms with Crippen molar-refractivity contribution in [3.8, 4) is 0 Å². The molecule has 0 bridgehead atoms. The van der Waals surface area contributed by atoms with E-state index < -0.39 is 10.0 Å². The molecule has 28 heavy (non-hydrogen) atoms. The number of carbonyl (C=O) groups excluding carboxylic acids is 1. The molecule has 1 heterocycles. The number of hydrogen-bond donors (Lipinski definition) is 2. The average molecular weight is 405 g/mol. The summed E-state index contributed by atoms with van der Waals surface area (Å²) in [6.07, 6.45) is 2.80. The van der Waals surface area contributed by atoms with Gasteiger partial charge in [0.2, 0.25) is 15.9 Å². The summed E-state index contributed by atoms with van der Waals surface area (Å²) in [6.45, 7) is 2.89. The number of nitrogens with one attached hydrogen (secondary N) is 2. The second-order valence-electron chi connectivity index (χ2n) is 6.85. The summed E-state index contributed by atoms with van der Waals surface area (Å²) in [7, 11) is -3.54. The van der Waals surface area contributed by atoms with Crippen LogP contribution in [0.25, 0.3) is 0 Å². The average Bonchev–Trinajstić information content (AvgIpc) is 2.69. The lowest BCUT2D eigenvalue weighted by atomic mass is 10.2. The quantitative estimate of drug-likeness (QED) is 0.773. The molecule has 0 radical (unpaired) electrons. The lowest BCUT2D eigenvalue weighted by Gasteiger charge is -2.26. The van der Waals surface area contributed by atoms with Crippen LogP contribution in [-0.4, -0.2) is 38.3 Å². The lowest BCUT2D eigenvalue weighted by molar-refractivity contribution is -0.114. The monoisotopic (exact) mass is 405 g/mol. The zero-order valence-electron chi connectivity index (χ0n) is 15.7. The third-order valence-electron chi connectivity index (χ3n) is 4.73. The number of rotatable bonds is 6. The molecule has 0 saturated carbocycles. The first-order chi connectivity index (χ1) is 13.4. The minimum absolute atomic E-state index is 0.0363. The van der Waals surface area contributed by atoms with E-state index in [2.05, 4.69) is 10.6 Å². The molecular weight excluding hydrogens is 381 g/mol. The molecule has 0 spiro atoms. The molecule has 3 rings (SSSR count). The highest BCUT2D eigenvalue weighted by Crippen LogP contribution is 2.25. The molecule has 1 saturated heterocycles. The highest BCUT2D eigenvalue weighted by molar-refractivity contribution is 7.89. The van der Waals surface area contributed by atoms with E-state index >= 15 is 0 Å². The maximum atomic E-state index is 12.9. The van der Waals surface area contributed by atoms with E-state index in [1.54, 1.807) is 18.2 Å². The van der Waals surface area contributed by atoms with Crippen molar-refractivity contribution in [1.29, 1.82) is 0 Å². The predicted octanol–water partition coefficient (Wildman–Crippen LogP) is 3.36. The fourth-order valence-electron chi connectivity index (χ4n) is 3.12. The number of sulfonamides is 1. The Bertz CT molecular complexity index is 940. The number of piperidine rings is 1. The van der Waals surface area contributed by atoms with Crippen LogP contribution in [0.4, 0.5) is 15.8 Å². The minimum atomic E-state index is -3.54. The molecule has 0 atom stereocenters. The fraction of sp³-hybridized carbons (Fsp3) is 0.350. The van der Waals surface area contributed by atoms with Crippen molar-refractivity contribution in [2.45, 2.75) is 31.1 Å². The van der Waals surface area contributed by atoms with E-state index in [1.807, 2.05) is 6.92 Å². The van der Waals surface area contributed by atoms with E-state index in [0.717, 1.165) is 24.8 Å². The number of anilines is 2. The first kappa shape index (κ1) is 20.3. The molecule has 2 aromatic rings. The number of hydrogen-bond acceptors (Lipinski definition) is 4. The number of amides is 1. The smallest absolute Gasteiger partial charge is 0.243 e. The van der Waals surface area contributed by atoms with E-state index in [4.69, 9.17) is 0 Å². The van der Waals surface area contributed by atoms with E-state index in [1.165, 1.54) is 28.6 Å². The number of halogens is 1. The zero-order valence-corrected chi connectivity index (χ0v) is 16.6. The largest absolute Gasteiger partial charge is 0.376 e. The summed E-state index contributed by atoms with van der Waals surface area (Å²) >= 11 is 0. The molecule has 1 aliphatic rings. The van der Waals surface area contributed by atoms with Gasteiger partial charge in [0.25, 0.3) is 0 Å². The van der Waals surface area contributed by atoms with E-state index in [-0.39, 0.29) is 23.2 Å². The van der Waals surface area contributed by atoms with Crippen molar-refractivity contribution >= 4 is 27.3 Å². The summed E-state index contributed by atoms with van der Waals surface area (Å²) in [5, 5.41) is 5.65. The lowest BCUT2D eigenvalue weighted by Crippen LogP contribution is -2.35. The Balaban J connectivity index is 1.67. The Morgan fingerprint density at radius 3 is 2.43 bits per heavy atom. The highest BCUT2D eigenvalue weighted by Gasteiger charge is 2.26. The topological polar surface area (TPSA) is 78.5 Å². The molecule has 0 aromatic heterocycles. The SMILES string of the molecule is Cc1ccc(S(=O)(=O)N2CCCCC2)cc1NCC(=O)Nc1ccc(F)cc1. The Morgan fingerprint density at radius 1 is 1.07 bits per heavy atom. The van der Waals surface area contributed by atoms with Gasteiger partial charge in [0.05, 0.1) is 11.4 Å². The van der Waals surface area contributed by atoms with Crippen molar-refractivity contribution in [3.05, 3.63) is 53.8 Å². The van der Waals surface area contributed by atoms with Crippen LogP contribution in [0.2, 0.25) is 0 Å². The van der Waals surface area contributed by atoms with Gasteiger partial charge in [-0.05, 0) is 61.7 Å². The molecule has 1 amide bonds. The minimum Gasteiger partial charge on any atom is -0.376 e. The van der Waals surface area contributed by atoms with Gasteiger partial charge < -0.3 is 10.6 Å². The molecule has 1 aliphatic heterocycles. The van der Waals surface area contributed by atoms with Gasteiger partial charge in [-0.2, -0.15) is 4.31 Å². The fourth-order valence-corrected chi connectivity index (χ4v) is 4.66. The van der Waals surface area contributed by atoms with E-state index in [0.29, 0.717) is 24.5 Å². The Labute approximate surface area is 164 Å². The number of nitrogens with zero attached hydrogens (tertiary/aromatic N) is 1. The molecule has 0 aliphatic carbocycles. The number of benzene rings is 2. The first-order valence-corrected chi connectivity index (χ1v) is 10.7. The zero-order chi connectivity index (χ0) is 20.1. The van der Waals surface area contributed by atoms with Gasteiger partial charge in [-0.3, -0.25) is 4.79 Å². The summed E-state index contributed by atoms with van der Waals surface area (Å²) in [5.41, 5.74) is 1.92. The normalized spacial score (nSPS) is 15.2. The maximum absolute atomic E-state index is 12.9. The van der Waals surface area contributed by atoms with Crippen molar-refractivity contribution in [1.82, 2.24) is 4.31 Å². The van der Waals surface area contributed by atoms with Gasteiger partial charge in [-0.25, -0.2) is 12.8 Å². The summed E-state index contributed by atoms with van der Waals surface area (Å²) in [5.74, 6) is -0.686. The third kappa shape index (κ3) is 4.88. The second-order valence-corrected chi connectivity index (χ2v) is 8.79. The molecule has 6 nitrogen and oxygen atoms in total. The number of carbonyl (C=O) groups is 1. The molecule has 2 aromatic carbocycles. The van der Waals surface area contributed by atoms with Crippen LogP contribution >= 0.6 is 0 Å². The van der Waals surface area contributed by atoms with Crippen LogP contribution in [0.1, 0.15) is 24.8 Å². The van der Waals surface area contributed by atoms with Gasteiger partial charge >= 0.3 is 0 Å². The second kappa shape index (κ2) is 8.70. The van der Waals surface area contributed by atoms with Crippen LogP contribution in [0.3, 0.4) is 0 Å². The Morgan fingerprint density at radius 2 is 1.75 bits per heavy atom. The van der Waals surface area contributed by atoms with Crippen LogP contribution in [0.15, 0.2) is 47.4 Å². The predicted molar refractivity (Wildman–Crippen MR) is 107 cm³/mol. The number of aryl methyl sites for hydroxylation is 1. The molecule has 0 unspecified atom stereocenters. The Hall–Kier alpha value is -2.45. The summed E-state index contributed by atoms with van der Waals surface area (Å²) in [6, 6.07) is 10.4. The summed E-state index contributed by atoms with van der Waals surface area (Å²) < 4.78 is 40.1. The van der Waals surface area contributed by atoms with Crippen molar-refractivity contribution < 1.29 is 17.6 Å². The molecule has 2 N–H and O–H groups in total. The van der Waals surface area contributed by atoms with Gasteiger partial charge in [-0.15, -0.1) is 0 Å². The van der Waals surface area contributed by atoms with Gasteiger partial charge in [0.1, 0.15) is 5.82 Å². The van der Waals surface area contributed by atoms with Crippen LogP contribution in [0, 0.1) is 12.7 Å². The van der Waals surface area contributed by atoms with Crippen molar-refractivity contribution in [2.75, 3.05) is 30.3 Å². The third-order valence-corrected chi connectivity index (χ3v) is 6.62. The van der Waals surface area contributed by atoms with Gasteiger partial charge in [0, 0.05) is 24.5 Å². The molecular formula is C20H24FN3O3S. The van der Waals surface area contributed by atoms with Gasteiger partial charge in [-0.1, -0.05) is 12.5 Å². The molecule has 1 fully saturated rings. The molecule has 150 valence electrons. The van der Waals surface area contributed by atoms with Crippen LogP contribution < -0.4 is 10.6 Å². The van der Waals surface area contributed by atoms with Crippen molar-refractivity contribution in [2.24, 2.45) is 0 Å². The van der Waals surface area contributed by atoms with Crippen molar-refractivity contribution in [3.63, 3.8) is 0 Å². The standard InChI is InChI=1S/C20H24FN3O3S/c1-15-5-10-18(28(26,27)24-11-3-2-4-12-24)13-19(15)22-14-20(25)23-17-8-6-16(21)7-9-17/h5-10,13,22H,2-4,11-12,14H2,1H3,(H,23,25). The Kier molecular flexibility index (Phi) is 6.31. The van der Waals surface area contributed by atoms with E-state index in [9.17, 15) is 17.6 Å². The van der Waals surface area contributed by atoms with Crippen LogP contribution in [0.5, 0.6) is 0 Å². The van der Waals surface area contributed by atoms with Crippen LogP contribution in [-0.2, 0) is 14.8 Å². The maximum Gasteiger partial charge on any atom is 0.243 e. The first-order valence-electron chi connectivity index (χ1n) is 9.26. The van der Waals surface area contributed by atoms with Gasteiger partial charge in [0.15, 0.2) is 0 Å². The highest BCUT2D eigenvalue weighted by atomic mass is 32.2. The summed E-state index contributed by atoms with van der Waals surface area (Å²) in [4.78, 5) is 12.3. The molecule has 8 heteroatoms.